The summed E-state index contributed by atoms with van der Waals surface area (Å²) in [5.41, 5.74) is 5.08. The van der Waals surface area contributed by atoms with E-state index in [0.717, 1.165) is 6.07 Å². The average Bonchev–Trinajstić information content (AvgIpc) is 3.21. The van der Waals surface area contributed by atoms with Gasteiger partial charge in [0.15, 0.2) is 0 Å². The number of nitrogens with one attached hydrogen (secondary N) is 3. The third-order valence-corrected chi connectivity index (χ3v) is 4.29. The second-order valence-electron chi connectivity index (χ2n) is 5.40. The Balaban J connectivity index is 1.69. The number of para-hydroxylation sites is 1. The largest absolute Gasteiger partial charge is 0.321 e. The molecular weight excluding hydrogens is 369 g/mol. The zero-order valence-corrected chi connectivity index (χ0v) is 14.7. The van der Waals surface area contributed by atoms with Crippen LogP contribution < -0.4 is 16.2 Å². The topological polar surface area (TPSA) is 87.3 Å². The van der Waals surface area contributed by atoms with Gasteiger partial charge in [-0.25, -0.2) is 4.39 Å². The number of rotatable bonds is 4. The molecule has 0 spiro atoms. The monoisotopic (exact) mass is 383 g/mol. The number of halogens is 1. The predicted molar refractivity (Wildman–Crippen MR) is 100 cm³/mol. The Labute approximate surface area is 158 Å². The molecule has 3 N–H and O–H groups in total. The van der Waals surface area contributed by atoms with Crippen LogP contribution in [0.25, 0.3) is 0 Å². The normalized spacial score (nSPS) is 10.1. The number of carbonyl (C=O) groups is 3. The molecule has 0 fully saturated rings. The van der Waals surface area contributed by atoms with Crippen LogP contribution >= 0.6 is 11.3 Å². The Kier molecular flexibility index (Phi) is 5.58. The van der Waals surface area contributed by atoms with Crippen molar-refractivity contribution in [3.63, 3.8) is 0 Å². The summed E-state index contributed by atoms with van der Waals surface area (Å²) in [5, 5.41) is 6.11. The van der Waals surface area contributed by atoms with Crippen molar-refractivity contribution in [3.8, 4) is 0 Å². The number of benzene rings is 2. The summed E-state index contributed by atoms with van der Waals surface area (Å²) in [7, 11) is 0. The lowest BCUT2D eigenvalue weighted by atomic mass is 10.1. The predicted octanol–water partition coefficient (Wildman–Crippen LogP) is 3.21. The van der Waals surface area contributed by atoms with Gasteiger partial charge < -0.3 is 5.32 Å². The zero-order chi connectivity index (χ0) is 19.2. The number of thiophene rings is 1. The van der Waals surface area contributed by atoms with Crippen molar-refractivity contribution < 1.29 is 18.8 Å². The number of hydrazine groups is 1. The first-order chi connectivity index (χ1) is 13.1. The van der Waals surface area contributed by atoms with Gasteiger partial charge >= 0.3 is 0 Å². The van der Waals surface area contributed by atoms with E-state index in [-0.39, 0.29) is 22.7 Å². The van der Waals surface area contributed by atoms with Crippen LogP contribution in [0.15, 0.2) is 65.4 Å². The molecule has 0 unspecified atom stereocenters. The van der Waals surface area contributed by atoms with Crippen molar-refractivity contribution in [1.82, 2.24) is 10.9 Å². The second-order valence-corrected chi connectivity index (χ2v) is 6.18. The lowest BCUT2D eigenvalue weighted by Gasteiger charge is -2.12. The highest BCUT2D eigenvalue weighted by molar-refractivity contribution is 7.08. The number of hydrogen-bond acceptors (Lipinski definition) is 4. The molecule has 0 aliphatic heterocycles. The Morgan fingerprint density at radius 2 is 1.41 bits per heavy atom. The van der Waals surface area contributed by atoms with Crippen molar-refractivity contribution in [3.05, 3.63) is 87.9 Å². The van der Waals surface area contributed by atoms with Crippen molar-refractivity contribution in [1.29, 1.82) is 0 Å². The maximum atomic E-state index is 13.6. The van der Waals surface area contributed by atoms with Crippen LogP contribution in [0.3, 0.4) is 0 Å². The Hall–Kier alpha value is -3.52. The van der Waals surface area contributed by atoms with Gasteiger partial charge in [-0.3, -0.25) is 25.2 Å². The number of carbonyl (C=O) groups excluding carboxylic acids is 3. The highest BCUT2D eigenvalue weighted by Gasteiger charge is 2.16. The van der Waals surface area contributed by atoms with Crippen LogP contribution in [0, 0.1) is 5.82 Å². The van der Waals surface area contributed by atoms with E-state index in [1.54, 1.807) is 35.0 Å². The van der Waals surface area contributed by atoms with E-state index < -0.39 is 17.6 Å². The molecule has 0 bridgehead atoms. The fourth-order valence-corrected chi connectivity index (χ4v) is 2.91. The zero-order valence-electron chi connectivity index (χ0n) is 13.9. The van der Waals surface area contributed by atoms with Crippen molar-refractivity contribution in [2.24, 2.45) is 0 Å². The fraction of sp³-hybridized carbons (Fsp3) is 0. The van der Waals surface area contributed by atoms with E-state index in [9.17, 15) is 18.8 Å². The van der Waals surface area contributed by atoms with E-state index >= 15 is 0 Å². The molecule has 0 aliphatic rings. The molecule has 2 aromatic carbocycles. The summed E-state index contributed by atoms with van der Waals surface area (Å²) in [5.74, 6) is -2.50. The summed E-state index contributed by atoms with van der Waals surface area (Å²) >= 11 is 1.38. The number of amides is 3. The van der Waals surface area contributed by atoms with E-state index in [4.69, 9.17) is 0 Å². The molecule has 0 radical (unpaired) electrons. The quantitative estimate of drug-likeness (QED) is 0.605. The van der Waals surface area contributed by atoms with Crippen LogP contribution in [0.2, 0.25) is 0 Å². The van der Waals surface area contributed by atoms with Gasteiger partial charge in [0.1, 0.15) is 5.82 Å². The van der Waals surface area contributed by atoms with Gasteiger partial charge in [-0.1, -0.05) is 24.3 Å². The summed E-state index contributed by atoms with van der Waals surface area (Å²) in [4.78, 5) is 36.6. The van der Waals surface area contributed by atoms with Gasteiger partial charge in [-0.15, -0.1) is 0 Å². The van der Waals surface area contributed by atoms with Crippen LogP contribution in [0.5, 0.6) is 0 Å². The first kappa shape index (κ1) is 18.3. The molecule has 1 aromatic heterocycles. The van der Waals surface area contributed by atoms with Crippen LogP contribution in [0.1, 0.15) is 31.1 Å². The van der Waals surface area contributed by atoms with Gasteiger partial charge in [0.05, 0.1) is 22.4 Å². The maximum Gasteiger partial charge on any atom is 0.272 e. The smallest absolute Gasteiger partial charge is 0.272 e. The van der Waals surface area contributed by atoms with Gasteiger partial charge in [-0.2, -0.15) is 11.3 Å². The van der Waals surface area contributed by atoms with E-state index in [1.807, 2.05) is 0 Å². The molecule has 3 rings (SSSR count). The lowest BCUT2D eigenvalue weighted by Crippen LogP contribution is -2.42. The van der Waals surface area contributed by atoms with E-state index in [1.165, 1.54) is 35.6 Å². The van der Waals surface area contributed by atoms with Gasteiger partial charge in [0.2, 0.25) is 0 Å². The molecule has 3 amide bonds. The van der Waals surface area contributed by atoms with E-state index in [2.05, 4.69) is 16.2 Å². The lowest BCUT2D eigenvalue weighted by molar-refractivity contribution is 0.0844. The standard InChI is InChI=1S/C19H14FN3O3S/c20-15-7-3-1-5-13(15)18(25)22-23-19(26)14-6-2-4-8-16(14)21-17(24)12-9-10-27-11-12/h1-11H,(H,21,24)(H,22,25)(H,23,26). The third-order valence-electron chi connectivity index (χ3n) is 3.61. The molecule has 3 aromatic rings. The summed E-state index contributed by atoms with van der Waals surface area (Å²) in [6, 6.07) is 13.4. The first-order valence-corrected chi connectivity index (χ1v) is 8.78. The highest BCUT2D eigenvalue weighted by Crippen LogP contribution is 2.17. The average molecular weight is 383 g/mol. The Bertz CT molecular complexity index is 989. The van der Waals surface area contributed by atoms with E-state index in [0.29, 0.717) is 5.56 Å². The minimum absolute atomic E-state index is 0.148. The van der Waals surface area contributed by atoms with Crippen LogP contribution in [-0.2, 0) is 0 Å². The van der Waals surface area contributed by atoms with Crippen molar-refractivity contribution >= 4 is 34.7 Å². The number of anilines is 1. The SMILES string of the molecule is O=C(Nc1ccccc1C(=O)NNC(=O)c1ccccc1F)c1ccsc1. The molecule has 0 atom stereocenters. The third kappa shape index (κ3) is 4.36. The minimum Gasteiger partial charge on any atom is -0.321 e. The Morgan fingerprint density at radius 1 is 0.778 bits per heavy atom. The maximum absolute atomic E-state index is 13.6. The Morgan fingerprint density at radius 3 is 2.07 bits per heavy atom. The fourth-order valence-electron chi connectivity index (χ4n) is 2.27. The molecule has 8 heteroatoms. The molecule has 136 valence electrons. The van der Waals surface area contributed by atoms with Crippen LogP contribution in [0.4, 0.5) is 10.1 Å². The molecule has 27 heavy (non-hydrogen) atoms. The molecule has 0 saturated heterocycles. The molecular formula is C19H14FN3O3S. The molecule has 0 aliphatic carbocycles. The summed E-state index contributed by atoms with van der Waals surface area (Å²) < 4.78 is 13.6. The van der Waals surface area contributed by atoms with Crippen molar-refractivity contribution in [2.45, 2.75) is 0 Å². The van der Waals surface area contributed by atoms with Crippen molar-refractivity contribution in [2.75, 3.05) is 5.32 Å². The first-order valence-electron chi connectivity index (χ1n) is 7.84. The summed E-state index contributed by atoms with van der Waals surface area (Å²) in [6.45, 7) is 0. The minimum atomic E-state index is -0.791. The van der Waals surface area contributed by atoms with Gasteiger partial charge in [0.25, 0.3) is 17.7 Å². The van der Waals surface area contributed by atoms with Crippen LogP contribution in [-0.4, -0.2) is 17.7 Å². The molecule has 6 nitrogen and oxygen atoms in total. The molecule has 1 heterocycles. The number of hydrogen-bond donors (Lipinski definition) is 3. The highest BCUT2D eigenvalue weighted by atomic mass is 32.1. The second kappa shape index (κ2) is 8.24. The molecule has 0 saturated carbocycles. The van der Waals surface area contributed by atoms with Gasteiger partial charge in [0, 0.05) is 5.38 Å². The van der Waals surface area contributed by atoms with Gasteiger partial charge in [-0.05, 0) is 35.7 Å². The summed E-state index contributed by atoms with van der Waals surface area (Å²) in [6.07, 6.45) is 0.